The molecule has 0 saturated carbocycles. The van der Waals surface area contributed by atoms with Crippen molar-refractivity contribution < 1.29 is 14.7 Å². The highest BCUT2D eigenvalue weighted by molar-refractivity contribution is 9.10. The summed E-state index contributed by atoms with van der Waals surface area (Å²) in [6, 6.07) is 3.42. The molecule has 0 unspecified atom stereocenters. The van der Waals surface area contributed by atoms with Crippen molar-refractivity contribution in [2.45, 2.75) is 12.8 Å². The number of carbonyl (C=O) groups is 2. The van der Waals surface area contributed by atoms with Crippen LogP contribution in [0.4, 0.5) is 0 Å². The molecule has 2 rings (SSSR count). The van der Waals surface area contributed by atoms with E-state index < -0.39 is 5.97 Å². The van der Waals surface area contributed by atoms with Gasteiger partial charge in [-0.3, -0.25) is 9.59 Å². The number of hydrogen-bond acceptors (Lipinski definition) is 3. The molecular weight excluding hydrogens is 300 g/mol. The average Bonchev–Trinajstić information content (AvgIpc) is 2.38. The van der Waals surface area contributed by atoms with Gasteiger partial charge in [0.1, 0.15) is 4.60 Å². The van der Waals surface area contributed by atoms with Gasteiger partial charge in [-0.05, 0) is 40.9 Å². The SMILES string of the molecule is O=C(O)C1CCN(C(=O)c2cccnc2Br)CC1. The molecule has 0 aliphatic carbocycles. The second-order valence-corrected chi connectivity index (χ2v) is 5.00. The lowest BCUT2D eigenvalue weighted by atomic mass is 9.97. The lowest BCUT2D eigenvalue weighted by molar-refractivity contribution is -0.143. The standard InChI is InChI=1S/C12H13BrN2O3/c13-10-9(2-1-5-14-10)11(16)15-6-3-8(4-7-15)12(17)18/h1-2,5,8H,3-4,6-7H2,(H,17,18). The van der Waals surface area contributed by atoms with E-state index in [1.54, 1.807) is 23.2 Å². The number of halogens is 1. The lowest BCUT2D eigenvalue weighted by Gasteiger charge is -2.30. The van der Waals surface area contributed by atoms with E-state index in [1.807, 2.05) is 0 Å². The molecule has 1 fully saturated rings. The molecule has 1 aliphatic heterocycles. The summed E-state index contributed by atoms with van der Waals surface area (Å²) in [4.78, 5) is 28.7. The highest BCUT2D eigenvalue weighted by Gasteiger charge is 2.28. The second-order valence-electron chi connectivity index (χ2n) is 4.25. The molecule has 0 bridgehead atoms. The van der Waals surface area contributed by atoms with Crippen molar-refractivity contribution in [1.29, 1.82) is 0 Å². The highest BCUT2D eigenvalue weighted by Crippen LogP contribution is 2.21. The number of carboxylic acid groups (broad SMARTS) is 1. The quantitative estimate of drug-likeness (QED) is 0.845. The molecule has 1 aromatic rings. The fourth-order valence-corrected chi connectivity index (χ4v) is 2.47. The summed E-state index contributed by atoms with van der Waals surface area (Å²) in [6.07, 6.45) is 2.63. The number of carboxylic acids is 1. The van der Waals surface area contributed by atoms with E-state index in [4.69, 9.17) is 5.11 Å². The number of carbonyl (C=O) groups excluding carboxylic acids is 1. The smallest absolute Gasteiger partial charge is 0.306 e. The number of piperidine rings is 1. The Labute approximate surface area is 113 Å². The molecular formula is C12H13BrN2O3. The second kappa shape index (κ2) is 5.48. The first-order valence-corrected chi connectivity index (χ1v) is 6.51. The molecule has 0 radical (unpaired) electrons. The third kappa shape index (κ3) is 2.69. The van der Waals surface area contributed by atoms with Crippen molar-refractivity contribution in [2.24, 2.45) is 5.92 Å². The predicted molar refractivity (Wildman–Crippen MR) is 68.2 cm³/mol. The van der Waals surface area contributed by atoms with E-state index in [1.165, 1.54) is 0 Å². The van der Waals surface area contributed by atoms with Crippen molar-refractivity contribution in [3.8, 4) is 0 Å². The van der Waals surface area contributed by atoms with Crippen LogP contribution in [0.3, 0.4) is 0 Å². The van der Waals surface area contributed by atoms with Gasteiger partial charge in [0.15, 0.2) is 0 Å². The van der Waals surface area contributed by atoms with Crippen LogP contribution >= 0.6 is 15.9 Å². The average molecular weight is 313 g/mol. The molecule has 0 atom stereocenters. The zero-order valence-electron chi connectivity index (χ0n) is 9.67. The summed E-state index contributed by atoms with van der Waals surface area (Å²) in [6.45, 7) is 0.967. The Morgan fingerprint density at radius 2 is 2.06 bits per heavy atom. The number of rotatable bonds is 2. The van der Waals surface area contributed by atoms with Gasteiger partial charge >= 0.3 is 5.97 Å². The number of nitrogens with zero attached hydrogens (tertiary/aromatic N) is 2. The van der Waals surface area contributed by atoms with Gasteiger partial charge < -0.3 is 10.0 Å². The third-order valence-electron chi connectivity index (χ3n) is 3.12. The van der Waals surface area contributed by atoms with Crippen molar-refractivity contribution in [2.75, 3.05) is 13.1 Å². The Morgan fingerprint density at radius 3 is 2.61 bits per heavy atom. The maximum absolute atomic E-state index is 12.2. The van der Waals surface area contributed by atoms with Crippen LogP contribution in [0.15, 0.2) is 22.9 Å². The molecule has 1 aromatic heterocycles. The molecule has 0 spiro atoms. The highest BCUT2D eigenvalue weighted by atomic mass is 79.9. The molecule has 96 valence electrons. The van der Waals surface area contributed by atoms with Crippen LogP contribution < -0.4 is 0 Å². The van der Waals surface area contributed by atoms with Gasteiger partial charge in [0.2, 0.25) is 0 Å². The van der Waals surface area contributed by atoms with Gasteiger partial charge in [0.25, 0.3) is 5.91 Å². The molecule has 5 nitrogen and oxygen atoms in total. The van der Waals surface area contributed by atoms with E-state index in [9.17, 15) is 9.59 Å². The van der Waals surface area contributed by atoms with Crippen molar-refractivity contribution in [3.63, 3.8) is 0 Å². The minimum Gasteiger partial charge on any atom is -0.481 e. The van der Waals surface area contributed by atoms with E-state index >= 15 is 0 Å². The first-order chi connectivity index (χ1) is 8.59. The fraction of sp³-hybridized carbons (Fsp3) is 0.417. The first-order valence-electron chi connectivity index (χ1n) is 5.72. The van der Waals surface area contributed by atoms with Gasteiger partial charge in [-0.25, -0.2) is 4.98 Å². The van der Waals surface area contributed by atoms with Gasteiger partial charge in [0.05, 0.1) is 11.5 Å². The van der Waals surface area contributed by atoms with Crippen LogP contribution in [0, 0.1) is 5.92 Å². The minimum absolute atomic E-state index is 0.0983. The number of hydrogen-bond donors (Lipinski definition) is 1. The van der Waals surface area contributed by atoms with Crippen molar-refractivity contribution in [1.82, 2.24) is 9.88 Å². The molecule has 18 heavy (non-hydrogen) atoms. The van der Waals surface area contributed by atoms with Gasteiger partial charge in [-0.2, -0.15) is 0 Å². The Hall–Kier alpha value is -1.43. The maximum Gasteiger partial charge on any atom is 0.306 e. The molecule has 1 aliphatic rings. The number of amides is 1. The minimum atomic E-state index is -0.773. The van der Waals surface area contributed by atoms with E-state index in [2.05, 4.69) is 20.9 Å². The van der Waals surface area contributed by atoms with Crippen LogP contribution in [0.5, 0.6) is 0 Å². The number of likely N-dealkylation sites (tertiary alicyclic amines) is 1. The zero-order valence-corrected chi connectivity index (χ0v) is 11.3. The molecule has 0 aromatic carbocycles. The van der Waals surface area contributed by atoms with Crippen molar-refractivity contribution in [3.05, 3.63) is 28.5 Å². The fourth-order valence-electron chi connectivity index (χ4n) is 2.05. The topological polar surface area (TPSA) is 70.5 Å². The molecule has 6 heteroatoms. The van der Waals surface area contributed by atoms with Gasteiger partial charge in [0, 0.05) is 19.3 Å². The Kier molecular flexibility index (Phi) is 3.96. The van der Waals surface area contributed by atoms with E-state index in [-0.39, 0.29) is 11.8 Å². The summed E-state index contributed by atoms with van der Waals surface area (Å²) in [5.74, 6) is -1.20. The van der Waals surface area contributed by atoms with Crippen LogP contribution in [-0.4, -0.2) is 40.0 Å². The van der Waals surface area contributed by atoms with E-state index in [0.29, 0.717) is 36.1 Å². The number of pyridine rings is 1. The van der Waals surface area contributed by atoms with Crippen LogP contribution in [0.25, 0.3) is 0 Å². The Balaban J connectivity index is 2.04. The summed E-state index contributed by atoms with van der Waals surface area (Å²) in [5.41, 5.74) is 0.520. The monoisotopic (exact) mass is 312 g/mol. The van der Waals surface area contributed by atoms with Gasteiger partial charge in [-0.15, -0.1) is 0 Å². The summed E-state index contributed by atoms with van der Waals surface area (Å²) in [7, 11) is 0. The lowest BCUT2D eigenvalue weighted by Crippen LogP contribution is -2.40. The third-order valence-corrected chi connectivity index (χ3v) is 3.75. The van der Waals surface area contributed by atoms with Crippen LogP contribution in [0.1, 0.15) is 23.2 Å². The number of aliphatic carboxylic acids is 1. The van der Waals surface area contributed by atoms with Crippen molar-refractivity contribution >= 4 is 27.8 Å². The molecule has 2 heterocycles. The Morgan fingerprint density at radius 1 is 1.39 bits per heavy atom. The maximum atomic E-state index is 12.2. The first kappa shape index (κ1) is 13.0. The summed E-state index contributed by atoms with van der Waals surface area (Å²) < 4.78 is 0.523. The van der Waals surface area contributed by atoms with Gasteiger partial charge in [-0.1, -0.05) is 0 Å². The predicted octanol–water partition coefficient (Wildman–Crippen LogP) is 1.78. The van der Waals surface area contributed by atoms with Crippen LogP contribution in [-0.2, 0) is 4.79 Å². The molecule has 1 amide bonds. The van der Waals surface area contributed by atoms with E-state index in [0.717, 1.165) is 0 Å². The largest absolute Gasteiger partial charge is 0.481 e. The van der Waals surface area contributed by atoms with Crippen LogP contribution in [0.2, 0.25) is 0 Å². The molecule has 1 saturated heterocycles. The molecule has 1 N–H and O–H groups in total. The Bertz CT molecular complexity index is 470. The summed E-state index contributed by atoms with van der Waals surface area (Å²) in [5, 5.41) is 8.90. The zero-order chi connectivity index (χ0) is 13.1. The normalized spacial score (nSPS) is 16.6. The number of aromatic nitrogens is 1. The summed E-state index contributed by atoms with van der Waals surface area (Å²) >= 11 is 3.25.